The lowest BCUT2D eigenvalue weighted by Crippen LogP contribution is -1.90. The fourth-order valence-electron chi connectivity index (χ4n) is 0.711. The molecule has 54 valence electrons. The number of anilines is 1. The normalized spacial score (nSPS) is 9.80. The molecule has 0 aliphatic rings. The maximum absolute atomic E-state index is 5.63. The first-order chi connectivity index (χ1) is 4.74. The maximum atomic E-state index is 5.63. The van der Waals surface area contributed by atoms with Gasteiger partial charge in [-0.3, -0.25) is 0 Å². The van der Waals surface area contributed by atoms with Crippen LogP contribution in [0.25, 0.3) is 0 Å². The molecule has 0 radical (unpaired) electrons. The van der Waals surface area contributed by atoms with E-state index in [0.717, 1.165) is 15.7 Å². The molecular formula is C7H8BrNS. The summed E-state index contributed by atoms with van der Waals surface area (Å²) in [7, 11) is 0. The Hall–Kier alpha value is -0.150. The molecule has 0 amide bonds. The van der Waals surface area contributed by atoms with E-state index in [1.807, 2.05) is 18.2 Å². The fourth-order valence-corrected chi connectivity index (χ4v) is 1.39. The van der Waals surface area contributed by atoms with Crippen LogP contribution in [0.2, 0.25) is 0 Å². The molecular weight excluding hydrogens is 210 g/mol. The van der Waals surface area contributed by atoms with Gasteiger partial charge in [-0.1, -0.05) is 15.9 Å². The third-order valence-corrected chi connectivity index (χ3v) is 2.11. The van der Waals surface area contributed by atoms with Gasteiger partial charge in [-0.15, -0.1) is 0 Å². The summed E-state index contributed by atoms with van der Waals surface area (Å²) in [5, 5.41) is 0. The predicted molar refractivity (Wildman–Crippen MR) is 51.2 cm³/mol. The second-order valence-corrected chi connectivity index (χ2v) is 3.23. The summed E-state index contributed by atoms with van der Waals surface area (Å²) < 4.78 is 1.05. The average Bonchev–Trinajstić information content (AvgIpc) is 1.94. The zero-order valence-corrected chi connectivity index (χ0v) is 7.82. The Bertz CT molecular complexity index is 237. The van der Waals surface area contributed by atoms with Gasteiger partial charge in [0.1, 0.15) is 0 Å². The van der Waals surface area contributed by atoms with Crippen LogP contribution in [0, 0.1) is 0 Å². The van der Waals surface area contributed by atoms with Gasteiger partial charge in [0.2, 0.25) is 0 Å². The van der Waals surface area contributed by atoms with Crippen molar-refractivity contribution in [3.05, 3.63) is 28.2 Å². The van der Waals surface area contributed by atoms with Crippen LogP contribution in [0.5, 0.6) is 0 Å². The Morgan fingerprint density at radius 3 is 2.70 bits per heavy atom. The highest BCUT2D eigenvalue weighted by molar-refractivity contribution is 9.10. The molecule has 1 nitrogen and oxygen atoms in total. The first-order valence-corrected chi connectivity index (χ1v) is 4.31. The van der Waals surface area contributed by atoms with E-state index in [1.165, 1.54) is 0 Å². The van der Waals surface area contributed by atoms with E-state index in [4.69, 9.17) is 5.73 Å². The Balaban J connectivity index is 3.09. The molecule has 0 saturated heterocycles. The second kappa shape index (κ2) is 3.30. The molecule has 0 unspecified atom stereocenters. The standard InChI is InChI=1S/C7H8BrNS/c8-6-1-2-7(9)5(3-6)4-10/h1-3,10H,4,9H2. The summed E-state index contributed by atoms with van der Waals surface area (Å²) in [6.07, 6.45) is 0. The molecule has 0 spiro atoms. The molecule has 10 heavy (non-hydrogen) atoms. The number of nitrogens with two attached hydrogens (primary N) is 1. The first kappa shape index (κ1) is 7.95. The third kappa shape index (κ3) is 1.67. The molecule has 1 aromatic rings. The van der Waals surface area contributed by atoms with Crippen molar-refractivity contribution in [3.8, 4) is 0 Å². The van der Waals surface area contributed by atoms with Crippen molar-refractivity contribution in [3.63, 3.8) is 0 Å². The van der Waals surface area contributed by atoms with Gasteiger partial charge in [0, 0.05) is 15.9 Å². The van der Waals surface area contributed by atoms with Crippen molar-refractivity contribution < 1.29 is 0 Å². The van der Waals surface area contributed by atoms with Crippen LogP contribution in [0.1, 0.15) is 5.56 Å². The van der Waals surface area contributed by atoms with Crippen molar-refractivity contribution in [2.45, 2.75) is 5.75 Å². The number of hydrogen-bond acceptors (Lipinski definition) is 2. The summed E-state index contributed by atoms with van der Waals surface area (Å²) in [6, 6.07) is 5.76. The fraction of sp³-hybridized carbons (Fsp3) is 0.143. The van der Waals surface area contributed by atoms with Gasteiger partial charge in [0.25, 0.3) is 0 Å². The van der Waals surface area contributed by atoms with Crippen LogP contribution in [0.15, 0.2) is 22.7 Å². The quantitative estimate of drug-likeness (QED) is 0.549. The third-order valence-electron chi connectivity index (χ3n) is 1.28. The Labute approximate surface area is 74.2 Å². The van der Waals surface area contributed by atoms with E-state index < -0.39 is 0 Å². The summed E-state index contributed by atoms with van der Waals surface area (Å²) in [5.41, 5.74) is 7.50. The SMILES string of the molecule is Nc1ccc(Br)cc1CS. The van der Waals surface area contributed by atoms with Gasteiger partial charge >= 0.3 is 0 Å². The number of thiol groups is 1. The van der Waals surface area contributed by atoms with E-state index in [-0.39, 0.29) is 0 Å². The highest BCUT2D eigenvalue weighted by atomic mass is 79.9. The molecule has 2 N–H and O–H groups in total. The maximum Gasteiger partial charge on any atom is 0.0355 e. The van der Waals surface area contributed by atoms with Crippen LogP contribution in [0.4, 0.5) is 5.69 Å². The lowest BCUT2D eigenvalue weighted by atomic mass is 10.2. The molecule has 0 aliphatic heterocycles. The zero-order chi connectivity index (χ0) is 7.56. The molecule has 0 heterocycles. The minimum absolute atomic E-state index is 0.686. The highest BCUT2D eigenvalue weighted by Gasteiger charge is 1.95. The second-order valence-electron chi connectivity index (χ2n) is 2.00. The number of halogens is 1. The molecule has 0 saturated carbocycles. The molecule has 0 bridgehead atoms. The summed E-state index contributed by atoms with van der Waals surface area (Å²) in [5.74, 6) is 0.686. The van der Waals surface area contributed by atoms with Gasteiger partial charge in [-0.25, -0.2) is 0 Å². The minimum atomic E-state index is 0.686. The zero-order valence-electron chi connectivity index (χ0n) is 5.34. The van der Waals surface area contributed by atoms with Gasteiger partial charge < -0.3 is 5.73 Å². The minimum Gasteiger partial charge on any atom is -0.398 e. The van der Waals surface area contributed by atoms with Crippen molar-refractivity contribution >= 4 is 34.2 Å². The number of rotatable bonds is 1. The lowest BCUT2D eigenvalue weighted by Gasteiger charge is -2.00. The van der Waals surface area contributed by atoms with E-state index in [2.05, 4.69) is 28.6 Å². The van der Waals surface area contributed by atoms with Gasteiger partial charge in [-0.2, -0.15) is 12.6 Å². The van der Waals surface area contributed by atoms with Crippen molar-refractivity contribution in [1.82, 2.24) is 0 Å². The first-order valence-electron chi connectivity index (χ1n) is 2.89. The Kier molecular flexibility index (Phi) is 2.63. The van der Waals surface area contributed by atoms with E-state index in [1.54, 1.807) is 0 Å². The average molecular weight is 218 g/mol. The largest absolute Gasteiger partial charge is 0.398 e. The van der Waals surface area contributed by atoms with Crippen LogP contribution in [0.3, 0.4) is 0 Å². The molecule has 3 heteroatoms. The van der Waals surface area contributed by atoms with Crippen LogP contribution in [-0.4, -0.2) is 0 Å². The predicted octanol–water partition coefficient (Wildman–Crippen LogP) is 2.46. The number of nitrogen functional groups attached to an aromatic ring is 1. The highest BCUT2D eigenvalue weighted by Crippen LogP contribution is 2.19. The van der Waals surface area contributed by atoms with E-state index in [9.17, 15) is 0 Å². The molecule has 0 fully saturated rings. The Morgan fingerprint density at radius 2 is 2.20 bits per heavy atom. The Morgan fingerprint density at radius 1 is 1.50 bits per heavy atom. The topological polar surface area (TPSA) is 26.0 Å². The van der Waals surface area contributed by atoms with Gasteiger partial charge in [-0.05, 0) is 23.8 Å². The number of hydrogen-bond donors (Lipinski definition) is 2. The van der Waals surface area contributed by atoms with Gasteiger partial charge in [0.15, 0.2) is 0 Å². The van der Waals surface area contributed by atoms with E-state index >= 15 is 0 Å². The van der Waals surface area contributed by atoms with Gasteiger partial charge in [0.05, 0.1) is 0 Å². The molecule has 1 aromatic carbocycles. The smallest absolute Gasteiger partial charge is 0.0355 e. The summed E-state index contributed by atoms with van der Waals surface area (Å²) in [6.45, 7) is 0. The van der Waals surface area contributed by atoms with E-state index in [0.29, 0.717) is 5.75 Å². The molecule has 0 atom stereocenters. The number of benzene rings is 1. The van der Waals surface area contributed by atoms with Crippen molar-refractivity contribution in [2.75, 3.05) is 5.73 Å². The molecule has 0 aromatic heterocycles. The molecule has 1 rings (SSSR count). The van der Waals surface area contributed by atoms with Crippen LogP contribution < -0.4 is 5.73 Å². The van der Waals surface area contributed by atoms with Crippen molar-refractivity contribution in [2.24, 2.45) is 0 Å². The summed E-state index contributed by atoms with van der Waals surface area (Å²) >= 11 is 7.47. The van der Waals surface area contributed by atoms with Crippen LogP contribution >= 0.6 is 28.6 Å². The molecule has 0 aliphatic carbocycles. The van der Waals surface area contributed by atoms with Crippen LogP contribution in [-0.2, 0) is 5.75 Å². The van der Waals surface area contributed by atoms with Crippen molar-refractivity contribution in [1.29, 1.82) is 0 Å². The lowest BCUT2D eigenvalue weighted by molar-refractivity contribution is 1.41. The summed E-state index contributed by atoms with van der Waals surface area (Å²) in [4.78, 5) is 0. The monoisotopic (exact) mass is 217 g/mol.